The minimum atomic E-state index is 0. The minimum absolute atomic E-state index is 0. The van der Waals surface area contributed by atoms with Gasteiger partial charge in [-0.3, -0.25) is 4.79 Å². The number of aromatic nitrogens is 1. The molecule has 136 valence electrons. The molecule has 1 fully saturated rings. The van der Waals surface area contributed by atoms with Crippen LogP contribution in [0.25, 0.3) is 5.69 Å². The quantitative estimate of drug-likeness (QED) is 0.855. The topological polar surface area (TPSA) is 46.1 Å². The Kier molecular flexibility index (Phi) is 6.68. The molecule has 1 unspecified atom stereocenters. The maximum atomic E-state index is 12.6. The zero-order valence-corrected chi connectivity index (χ0v) is 16.1. The second kappa shape index (κ2) is 8.54. The summed E-state index contributed by atoms with van der Waals surface area (Å²) in [5, 5.41) is 6.46. The van der Waals surface area contributed by atoms with Crippen molar-refractivity contribution >= 4 is 18.3 Å². The Morgan fingerprint density at radius 2 is 2.04 bits per heavy atom. The monoisotopic (exact) mass is 361 g/mol. The van der Waals surface area contributed by atoms with E-state index in [-0.39, 0.29) is 18.3 Å². The third-order valence-electron chi connectivity index (χ3n) is 5.03. The number of carbonyl (C=O) groups excluding carboxylic acids is 1. The zero-order valence-electron chi connectivity index (χ0n) is 15.3. The van der Waals surface area contributed by atoms with Gasteiger partial charge in [0, 0.05) is 23.6 Å². The van der Waals surface area contributed by atoms with Crippen LogP contribution in [-0.2, 0) is 0 Å². The smallest absolute Gasteiger partial charge is 0.253 e. The number of nitrogens with zero attached hydrogens (tertiary/aromatic N) is 1. The molecule has 1 aliphatic rings. The van der Waals surface area contributed by atoms with Crippen molar-refractivity contribution in [2.45, 2.75) is 33.6 Å². The summed E-state index contributed by atoms with van der Waals surface area (Å²) < 4.78 is 2.17. The Balaban J connectivity index is 0.00000225. The van der Waals surface area contributed by atoms with E-state index < -0.39 is 0 Å². The summed E-state index contributed by atoms with van der Waals surface area (Å²) in [5.74, 6) is 0.735. The highest BCUT2D eigenvalue weighted by Gasteiger charge is 2.18. The normalized spacial score (nSPS) is 16.5. The predicted molar refractivity (Wildman–Crippen MR) is 105 cm³/mol. The first-order valence-electron chi connectivity index (χ1n) is 8.82. The fourth-order valence-electron chi connectivity index (χ4n) is 3.62. The van der Waals surface area contributed by atoms with Gasteiger partial charge in [-0.15, -0.1) is 12.4 Å². The van der Waals surface area contributed by atoms with E-state index in [1.807, 2.05) is 25.1 Å². The summed E-state index contributed by atoms with van der Waals surface area (Å²) in [4.78, 5) is 12.6. The van der Waals surface area contributed by atoms with Crippen LogP contribution in [0.4, 0.5) is 0 Å². The van der Waals surface area contributed by atoms with Crippen LogP contribution < -0.4 is 10.6 Å². The minimum Gasteiger partial charge on any atom is -0.352 e. The molecule has 2 N–H and O–H groups in total. The van der Waals surface area contributed by atoms with Gasteiger partial charge in [0.05, 0.1) is 5.56 Å². The van der Waals surface area contributed by atoms with Crippen molar-refractivity contribution in [3.05, 3.63) is 52.8 Å². The molecule has 0 bridgehead atoms. The number of hydrogen-bond acceptors (Lipinski definition) is 2. The lowest BCUT2D eigenvalue weighted by molar-refractivity contribution is 0.0951. The lowest BCUT2D eigenvalue weighted by Gasteiger charge is -2.13. The van der Waals surface area contributed by atoms with Crippen molar-refractivity contribution in [1.82, 2.24) is 15.2 Å². The molecule has 1 atom stereocenters. The van der Waals surface area contributed by atoms with Crippen LogP contribution in [0.1, 0.15) is 40.2 Å². The summed E-state index contributed by atoms with van der Waals surface area (Å²) in [7, 11) is 0. The van der Waals surface area contributed by atoms with Gasteiger partial charge in [-0.1, -0.05) is 18.2 Å². The van der Waals surface area contributed by atoms with Crippen molar-refractivity contribution in [1.29, 1.82) is 0 Å². The summed E-state index contributed by atoms with van der Waals surface area (Å²) in [6.45, 7) is 9.12. The lowest BCUT2D eigenvalue weighted by atomic mass is 10.1. The Morgan fingerprint density at radius 1 is 1.28 bits per heavy atom. The fraction of sp³-hybridized carbons (Fsp3) is 0.450. The number of aryl methyl sites for hydroxylation is 2. The van der Waals surface area contributed by atoms with Gasteiger partial charge in [-0.2, -0.15) is 0 Å². The van der Waals surface area contributed by atoms with Crippen LogP contribution in [0.3, 0.4) is 0 Å². The van der Waals surface area contributed by atoms with Gasteiger partial charge in [0.1, 0.15) is 0 Å². The number of carbonyl (C=O) groups is 1. The summed E-state index contributed by atoms with van der Waals surface area (Å²) in [6, 6.07) is 10.3. The number of hydrogen-bond donors (Lipinski definition) is 2. The van der Waals surface area contributed by atoms with Crippen LogP contribution in [0, 0.1) is 26.7 Å². The molecule has 0 radical (unpaired) electrons. The van der Waals surface area contributed by atoms with E-state index in [0.29, 0.717) is 5.92 Å². The first-order valence-corrected chi connectivity index (χ1v) is 8.82. The van der Waals surface area contributed by atoms with Crippen molar-refractivity contribution in [3.8, 4) is 5.69 Å². The first-order chi connectivity index (χ1) is 11.6. The second-order valence-electron chi connectivity index (χ2n) is 6.81. The third-order valence-corrected chi connectivity index (χ3v) is 5.03. The molecule has 1 saturated heterocycles. The van der Waals surface area contributed by atoms with Gasteiger partial charge >= 0.3 is 0 Å². The Labute approximate surface area is 156 Å². The van der Waals surface area contributed by atoms with E-state index in [4.69, 9.17) is 0 Å². The van der Waals surface area contributed by atoms with E-state index >= 15 is 0 Å². The van der Waals surface area contributed by atoms with Crippen LogP contribution in [0.2, 0.25) is 0 Å². The van der Waals surface area contributed by atoms with Gasteiger partial charge < -0.3 is 15.2 Å². The van der Waals surface area contributed by atoms with Crippen LogP contribution in [0.15, 0.2) is 30.3 Å². The number of rotatable bonds is 5. The van der Waals surface area contributed by atoms with E-state index in [0.717, 1.165) is 48.7 Å². The Hall–Kier alpha value is -1.78. The highest BCUT2D eigenvalue weighted by Crippen LogP contribution is 2.23. The molecule has 1 aliphatic heterocycles. The van der Waals surface area contributed by atoms with Gasteiger partial charge in [-0.25, -0.2) is 0 Å². The first kappa shape index (κ1) is 19.5. The molecule has 2 heterocycles. The lowest BCUT2D eigenvalue weighted by Crippen LogP contribution is -2.26. The number of benzene rings is 1. The van der Waals surface area contributed by atoms with Crippen molar-refractivity contribution in [3.63, 3.8) is 0 Å². The maximum Gasteiger partial charge on any atom is 0.253 e. The average molecular weight is 362 g/mol. The molecule has 25 heavy (non-hydrogen) atoms. The van der Waals surface area contributed by atoms with Crippen LogP contribution >= 0.6 is 12.4 Å². The molecule has 5 heteroatoms. The van der Waals surface area contributed by atoms with Crippen LogP contribution in [0.5, 0.6) is 0 Å². The Bertz CT molecular complexity index is 733. The summed E-state index contributed by atoms with van der Waals surface area (Å²) in [5.41, 5.74) is 5.22. The molecule has 1 amide bonds. The van der Waals surface area contributed by atoms with Crippen molar-refractivity contribution in [2.24, 2.45) is 5.92 Å². The van der Waals surface area contributed by atoms with E-state index in [1.165, 1.54) is 12.0 Å². The van der Waals surface area contributed by atoms with Gasteiger partial charge in [-0.05, 0) is 70.3 Å². The fourth-order valence-corrected chi connectivity index (χ4v) is 3.62. The summed E-state index contributed by atoms with van der Waals surface area (Å²) >= 11 is 0. The molecule has 0 aliphatic carbocycles. The van der Waals surface area contributed by atoms with E-state index in [1.54, 1.807) is 0 Å². The highest BCUT2D eigenvalue weighted by molar-refractivity contribution is 5.95. The largest absolute Gasteiger partial charge is 0.352 e. The zero-order chi connectivity index (χ0) is 17.1. The number of halogens is 1. The number of nitrogens with one attached hydrogen (secondary N) is 2. The molecule has 0 spiro atoms. The molecular formula is C20H28ClN3O. The summed E-state index contributed by atoms with van der Waals surface area (Å²) in [6.07, 6.45) is 2.27. The van der Waals surface area contributed by atoms with Crippen molar-refractivity contribution < 1.29 is 4.79 Å². The van der Waals surface area contributed by atoms with Crippen LogP contribution in [-0.4, -0.2) is 30.1 Å². The average Bonchev–Trinajstić information content (AvgIpc) is 3.17. The SMILES string of the molecule is Cc1ccccc1-n1c(C)cc(C(=O)NCCC2CCNC2)c1C.Cl. The van der Waals surface area contributed by atoms with Gasteiger partial charge in [0.2, 0.25) is 0 Å². The van der Waals surface area contributed by atoms with E-state index in [9.17, 15) is 4.79 Å². The Morgan fingerprint density at radius 3 is 2.72 bits per heavy atom. The molecular weight excluding hydrogens is 334 g/mol. The molecule has 1 aromatic carbocycles. The molecule has 1 aromatic heterocycles. The molecule has 3 rings (SSSR count). The molecule has 0 saturated carbocycles. The van der Waals surface area contributed by atoms with E-state index in [2.05, 4.69) is 41.2 Å². The molecule has 4 nitrogen and oxygen atoms in total. The highest BCUT2D eigenvalue weighted by atomic mass is 35.5. The van der Waals surface area contributed by atoms with Crippen molar-refractivity contribution in [2.75, 3.05) is 19.6 Å². The maximum absolute atomic E-state index is 12.6. The number of para-hydroxylation sites is 1. The second-order valence-corrected chi connectivity index (χ2v) is 6.81. The third kappa shape index (κ3) is 4.25. The molecule has 2 aromatic rings. The van der Waals surface area contributed by atoms with Gasteiger partial charge in [0.15, 0.2) is 0 Å². The van der Waals surface area contributed by atoms with Gasteiger partial charge in [0.25, 0.3) is 5.91 Å². The number of amides is 1. The standard InChI is InChI=1S/C20H27N3O.ClH/c1-14-6-4-5-7-19(14)23-15(2)12-18(16(23)3)20(24)22-11-9-17-8-10-21-13-17;/h4-7,12,17,21H,8-11,13H2,1-3H3,(H,22,24);1H. The predicted octanol–water partition coefficient (Wildman–Crippen LogP) is 3.55.